The van der Waals surface area contributed by atoms with Crippen LogP contribution < -0.4 is 5.32 Å². The van der Waals surface area contributed by atoms with Crippen molar-refractivity contribution in [1.82, 2.24) is 24.9 Å². The number of fused-ring (bicyclic) bond motifs is 1. The number of guanidine groups is 1. The first kappa shape index (κ1) is 24.3. The number of aliphatic imine (C=N–C) groups is 1. The van der Waals surface area contributed by atoms with Crippen LogP contribution in [-0.4, -0.2) is 82.9 Å². The van der Waals surface area contributed by atoms with Crippen molar-refractivity contribution in [2.45, 2.75) is 53.0 Å². The van der Waals surface area contributed by atoms with Crippen LogP contribution in [0.4, 0.5) is 4.79 Å². The van der Waals surface area contributed by atoms with Crippen molar-refractivity contribution in [2.24, 2.45) is 4.99 Å². The fourth-order valence-corrected chi connectivity index (χ4v) is 5.42. The van der Waals surface area contributed by atoms with E-state index in [1.807, 2.05) is 0 Å². The molecule has 190 valence electrons. The Morgan fingerprint density at radius 2 is 1.44 bits per heavy atom. The number of urea groups is 1. The molecule has 3 aliphatic rings. The third-order valence-corrected chi connectivity index (χ3v) is 7.74. The fourth-order valence-electron chi connectivity index (χ4n) is 5.42. The van der Waals surface area contributed by atoms with Gasteiger partial charge >= 0.3 is 6.03 Å². The molecule has 2 fully saturated rings. The number of carbonyl (C=O) groups is 2. The molecule has 0 saturated carbocycles. The summed E-state index contributed by atoms with van der Waals surface area (Å²) in [7, 11) is 1.71. The number of hydrogen-bond donors (Lipinski definition) is 1. The molecule has 0 aliphatic carbocycles. The van der Waals surface area contributed by atoms with Gasteiger partial charge in [-0.2, -0.15) is 0 Å². The second-order valence-corrected chi connectivity index (χ2v) is 10.4. The van der Waals surface area contributed by atoms with E-state index >= 15 is 0 Å². The molecule has 36 heavy (non-hydrogen) atoms. The first-order valence-corrected chi connectivity index (χ1v) is 12.7. The Balaban J connectivity index is 1.37. The summed E-state index contributed by atoms with van der Waals surface area (Å²) < 4.78 is 0. The first-order valence-electron chi connectivity index (χ1n) is 12.7. The van der Waals surface area contributed by atoms with Gasteiger partial charge in [-0.15, -0.1) is 0 Å². The number of rotatable bonds is 4. The Bertz CT molecular complexity index is 1220. The molecule has 8 heteroatoms. The van der Waals surface area contributed by atoms with Crippen molar-refractivity contribution in [1.29, 1.82) is 0 Å². The molecule has 0 radical (unpaired) electrons. The molecule has 2 aromatic carbocycles. The Hall–Kier alpha value is -3.39. The average molecular weight is 489 g/mol. The number of aryl methyl sites for hydroxylation is 4. The third kappa shape index (κ3) is 4.57. The lowest BCUT2D eigenvalue weighted by molar-refractivity contribution is -0.127. The third-order valence-electron chi connectivity index (χ3n) is 7.74. The van der Waals surface area contributed by atoms with E-state index in [-0.39, 0.29) is 5.91 Å². The number of nitrogens with zero attached hydrogens (tertiary/aromatic N) is 5. The van der Waals surface area contributed by atoms with Crippen LogP contribution >= 0.6 is 0 Å². The van der Waals surface area contributed by atoms with E-state index in [0.29, 0.717) is 6.54 Å². The van der Waals surface area contributed by atoms with Gasteiger partial charge in [0.15, 0.2) is 18.2 Å². The Kier molecular flexibility index (Phi) is 6.47. The molecule has 0 spiro atoms. The molecule has 8 nitrogen and oxygen atoms in total. The molecule has 2 atom stereocenters. The molecule has 3 heterocycles. The van der Waals surface area contributed by atoms with Gasteiger partial charge in [-0.1, -0.05) is 47.5 Å². The maximum atomic E-state index is 13.0. The largest absolute Gasteiger partial charge is 0.340 e. The van der Waals surface area contributed by atoms with Crippen molar-refractivity contribution in [3.63, 3.8) is 0 Å². The van der Waals surface area contributed by atoms with Crippen molar-refractivity contribution >= 4 is 17.9 Å². The highest BCUT2D eigenvalue weighted by atomic mass is 16.2. The van der Waals surface area contributed by atoms with Crippen molar-refractivity contribution in [3.05, 3.63) is 69.8 Å². The monoisotopic (exact) mass is 488 g/mol. The van der Waals surface area contributed by atoms with Gasteiger partial charge in [-0.05, 0) is 49.9 Å². The maximum absolute atomic E-state index is 13.0. The van der Waals surface area contributed by atoms with Crippen LogP contribution in [0.5, 0.6) is 0 Å². The van der Waals surface area contributed by atoms with Crippen molar-refractivity contribution in [2.75, 3.05) is 33.2 Å². The quantitative estimate of drug-likeness (QED) is 0.717. The number of amides is 3. The van der Waals surface area contributed by atoms with E-state index in [1.54, 1.807) is 11.9 Å². The highest BCUT2D eigenvalue weighted by molar-refractivity contribution is 6.03. The summed E-state index contributed by atoms with van der Waals surface area (Å²) in [6, 6.07) is 12.1. The first-order chi connectivity index (χ1) is 17.2. The Morgan fingerprint density at radius 3 is 2.06 bits per heavy atom. The standard InChI is InChI=1S/C28H36N6O2/c1-18-6-8-20(3)22(14-18)16-32-10-12-33(13-11-32)27-29-25-24(26(35)30-28(36)31(25)5)34(27)17-23-15-19(2)7-9-21(23)4/h6-9,14-15,24-25H,10-13,16-17H2,1-5H3,(H,30,35,36). The number of piperazine rings is 1. The van der Waals surface area contributed by atoms with Crippen LogP contribution in [0.15, 0.2) is 41.4 Å². The normalized spacial score (nSPS) is 22.6. The minimum Gasteiger partial charge on any atom is -0.340 e. The lowest BCUT2D eigenvalue weighted by Gasteiger charge is -2.40. The zero-order valence-corrected chi connectivity index (χ0v) is 21.9. The molecular formula is C28H36N6O2. The SMILES string of the molecule is Cc1ccc(C)c(CN2CCN(C3=NC4C(C(=O)NC(=O)N4C)N3Cc3cc(C)ccc3C)CC2)c1. The molecule has 3 aliphatic heterocycles. The molecule has 0 aromatic heterocycles. The van der Waals surface area contributed by atoms with Gasteiger partial charge < -0.3 is 14.7 Å². The molecule has 2 saturated heterocycles. The van der Waals surface area contributed by atoms with Gasteiger partial charge in [0, 0.05) is 46.3 Å². The Morgan fingerprint density at radius 1 is 0.861 bits per heavy atom. The highest BCUT2D eigenvalue weighted by Gasteiger charge is 2.49. The Labute approximate surface area is 213 Å². The number of benzene rings is 2. The zero-order valence-electron chi connectivity index (χ0n) is 21.9. The van der Waals surface area contributed by atoms with E-state index in [2.05, 4.69) is 84.1 Å². The van der Waals surface area contributed by atoms with Crippen LogP contribution in [0.3, 0.4) is 0 Å². The smallest absolute Gasteiger partial charge is 0.325 e. The molecular weight excluding hydrogens is 452 g/mol. The second kappa shape index (κ2) is 9.58. The van der Waals surface area contributed by atoms with Gasteiger partial charge in [0.2, 0.25) is 0 Å². The van der Waals surface area contributed by atoms with Crippen LogP contribution in [0.25, 0.3) is 0 Å². The predicted octanol–water partition coefficient (Wildman–Crippen LogP) is 2.79. The van der Waals surface area contributed by atoms with E-state index in [9.17, 15) is 9.59 Å². The highest BCUT2D eigenvalue weighted by Crippen LogP contribution is 2.29. The molecule has 2 unspecified atom stereocenters. The maximum Gasteiger partial charge on any atom is 0.325 e. The zero-order chi connectivity index (χ0) is 25.6. The van der Waals surface area contributed by atoms with Gasteiger partial charge in [0.05, 0.1) is 0 Å². The van der Waals surface area contributed by atoms with E-state index in [0.717, 1.165) is 38.7 Å². The predicted molar refractivity (Wildman–Crippen MR) is 141 cm³/mol. The van der Waals surface area contributed by atoms with Gasteiger partial charge in [0.1, 0.15) is 0 Å². The van der Waals surface area contributed by atoms with Gasteiger partial charge in [-0.3, -0.25) is 15.0 Å². The summed E-state index contributed by atoms with van der Waals surface area (Å²) in [5.41, 5.74) is 7.53. The number of nitrogens with one attached hydrogen (secondary N) is 1. The van der Waals surface area contributed by atoms with Crippen LogP contribution in [0.2, 0.25) is 0 Å². The average Bonchev–Trinajstić information content (AvgIpc) is 3.22. The lowest BCUT2D eigenvalue weighted by Crippen LogP contribution is -2.64. The number of carbonyl (C=O) groups excluding carboxylic acids is 2. The van der Waals surface area contributed by atoms with E-state index < -0.39 is 18.2 Å². The minimum atomic E-state index is -0.532. The summed E-state index contributed by atoms with van der Waals surface area (Å²) in [6.07, 6.45) is -0.515. The van der Waals surface area contributed by atoms with Crippen LogP contribution in [-0.2, 0) is 17.9 Å². The number of hydrogen-bond acceptors (Lipinski definition) is 6. The molecule has 2 aromatic rings. The summed E-state index contributed by atoms with van der Waals surface area (Å²) in [6.45, 7) is 13.5. The van der Waals surface area contributed by atoms with Gasteiger partial charge in [0.25, 0.3) is 5.91 Å². The number of likely N-dealkylation sites (N-methyl/N-ethyl adjacent to an activating group) is 1. The molecule has 1 N–H and O–H groups in total. The minimum absolute atomic E-state index is 0.277. The van der Waals surface area contributed by atoms with E-state index in [1.165, 1.54) is 33.4 Å². The van der Waals surface area contributed by atoms with E-state index in [4.69, 9.17) is 4.99 Å². The topological polar surface area (TPSA) is 71.5 Å². The fraction of sp³-hybridized carbons (Fsp3) is 0.464. The summed E-state index contributed by atoms with van der Waals surface area (Å²) in [5, 5.41) is 2.52. The lowest BCUT2D eigenvalue weighted by atomic mass is 10.0. The second-order valence-electron chi connectivity index (χ2n) is 10.4. The molecule has 5 rings (SSSR count). The molecule has 3 amide bonds. The van der Waals surface area contributed by atoms with Gasteiger partial charge in [-0.25, -0.2) is 9.79 Å². The summed E-state index contributed by atoms with van der Waals surface area (Å²) >= 11 is 0. The number of imide groups is 1. The summed E-state index contributed by atoms with van der Waals surface area (Å²) in [4.78, 5) is 38.8. The van der Waals surface area contributed by atoms with Crippen molar-refractivity contribution < 1.29 is 9.59 Å². The summed E-state index contributed by atoms with van der Waals surface area (Å²) in [5.74, 6) is 0.537. The van der Waals surface area contributed by atoms with Crippen molar-refractivity contribution in [3.8, 4) is 0 Å². The van der Waals surface area contributed by atoms with Crippen LogP contribution in [0.1, 0.15) is 33.4 Å². The van der Waals surface area contributed by atoms with Crippen LogP contribution in [0, 0.1) is 27.7 Å². The molecule has 0 bridgehead atoms.